The minimum absolute atomic E-state index is 0.100. The summed E-state index contributed by atoms with van der Waals surface area (Å²) in [5, 5.41) is 4.65. The Morgan fingerprint density at radius 2 is 1.89 bits per heavy atom. The summed E-state index contributed by atoms with van der Waals surface area (Å²) in [6, 6.07) is 4.65. The van der Waals surface area contributed by atoms with Crippen molar-refractivity contribution in [1.82, 2.24) is 23.9 Å². The van der Waals surface area contributed by atoms with Crippen molar-refractivity contribution >= 4 is 15.5 Å². The predicted octanol–water partition coefficient (Wildman–Crippen LogP) is 2.27. The molecule has 0 saturated carbocycles. The van der Waals surface area contributed by atoms with Crippen LogP contribution in [-0.4, -0.2) is 71.0 Å². The fourth-order valence-corrected chi connectivity index (χ4v) is 6.35. The smallest absolute Gasteiger partial charge is 0.277 e. The maximum atomic E-state index is 13.6. The van der Waals surface area contributed by atoms with Crippen molar-refractivity contribution in [3.63, 3.8) is 0 Å². The van der Waals surface area contributed by atoms with Gasteiger partial charge in [0.15, 0.2) is 17.1 Å². The first kappa shape index (κ1) is 24.9. The topological polar surface area (TPSA) is 128 Å². The van der Waals surface area contributed by atoms with Crippen LogP contribution in [0.1, 0.15) is 44.6 Å². The van der Waals surface area contributed by atoms with Crippen LogP contribution in [0.15, 0.2) is 27.9 Å². The number of fused-ring (bicyclic) bond motifs is 1. The van der Waals surface area contributed by atoms with E-state index in [1.54, 1.807) is 17.5 Å². The second-order valence-electron chi connectivity index (χ2n) is 9.03. The molecule has 2 aromatic heterocycles. The Bertz CT molecular complexity index is 1430. The number of hydrogen-bond acceptors (Lipinski definition) is 8. The monoisotopic (exact) mass is 517 g/mol. The highest BCUT2D eigenvalue weighted by molar-refractivity contribution is 7.89. The predicted molar refractivity (Wildman–Crippen MR) is 132 cm³/mol. The number of piperidine rings is 1. The molecule has 2 aliphatic heterocycles. The Hall–Kier alpha value is -2.80. The zero-order valence-electron chi connectivity index (χ0n) is 20.7. The highest BCUT2D eigenvalue weighted by Crippen LogP contribution is 2.35. The molecule has 2 aliphatic rings. The first-order valence-electron chi connectivity index (χ1n) is 12.3. The van der Waals surface area contributed by atoms with Gasteiger partial charge in [0.25, 0.3) is 5.56 Å². The third-order valence-corrected chi connectivity index (χ3v) is 8.55. The molecule has 0 bridgehead atoms. The van der Waals surface area contributed by atoms with Crippen molar-refractivity contribution < 1.29 is 22.6 Å². The lowest BCUT2D eigenvalue weighted by Crippen LogP contribution is -2.47. The molecule has 2 fully saturated rings. The number of aromatic amines is 1. The third kappa shape index (κ3) is 4.32. The number of aromatic nitrogens is 4. The zero-order chi connectivity index (χ0) is 25.5. The second-order valence-corrected chi connectivity index (χ2v) is 11.0. The number of hydrogen-bond donors (Lipinski definition) is 1. The van der Waals surface area contributed by atoms with E-state index in [-0.39, 0.29) is 16.3 Å². The van der Waals surface area contributed by atoms with E-state index in [2.05, 4.69) is 15.1 Å². The van der Waals surface area contributed by atoms with Gasteiger partial charge >= 0.3 is 0 Å². The van der Waals surface area contributed by atoms with Crippen molar-refractivity contribution in [2.75, 3.05) is 32.9 Å². The maximum absolute atomic E-state index is 13.6. The summed E-state index contributed by atoms with van der Waals surface area (Å²) in [5.74, 6) is 0.650. The molecule has 194 valence electrons. The number of H-pyrrole nitrogens is 1. The van der Waals surface area contributed by atoms with E-state index in [9.17, 15) is 13.2 Å². The molecule has 5 rings (SSSR count). The number of ether oxygens (including phenoxy) is 3. The van der Waals surface area contributed by atoms with Gasteiger partial charge in [0, 0.05) is 32.4 Å². The maximum Gasteiger partial charge on any atom is 0.277 e. The Kier molecular flexibility index (Phi) is 6.62. The Morgan fingerprint density at radius 3 is 2.56 bits per heavy atom. The summed E-state index contributed by atoms with van der Waals surface area (Å²) >= 11 is 0. The molecule has 0 amide bonds. The van der Waals surface area contributed by atoms with Crippen molar-refractivity contribution in [1.29, 1.82) is 0 Å². The van der Waals surface area contributed by atoms with Crippen LogP contribution in [0.5, 0.6) is 5.75 Å². The highest BCUT2D eigenvalue weighted by Gasteiger charge is 2.42. The number of aryl methyl sites for hydroxylation is 2. The van der Waals surface area contributed by atoms with Gasteiger partial charge in [-0.15, -0.1) is 5.10 Å². The van der Waals surface area contributed by atoms with E-state index in [0.29, 0.717) is 80.5 Å². The summed E-state index contributed by atoms with van der Waals surface area (Å²) in [6.45, 7) is 7.64. The lowest BCUT2D eigenvalue weighted by molar-refractivity contribution is -0.179. The van der Waals surface area contributed by atoms with Crippen molar-refractivity contribution in [2.45, 2.75) is 57.1 Å². The standard InChI is InChI=1S/C24H31N5O6S/c1-4-6-20-25-16(3)21-23(30)26-22(27-29(20)21)18-15-17(7-8-19(18)33-5-2)36(31,32)28-11-9-24(10-12-28)34-13-14-35-24/h7-8,15H,4-6,9-14H2,1-3H3,(H,26,27,30). The lowest BCUT2D eigenvalue weighted by Gasteiger charge is -2.36. The van der Waals surface area contributed by atoms with Crippen molar-refractivity contribution in [2.24, 2.45) is 0 Å². The number of nitrogens with zero attached hydrogens (tertiary/aromatic N) is 4. The molecule has 0 aliphatic carbocycles. The van der Waals surface area contributed by atoms with Crippen LogP contribution in [0.3, 0.4) is 0 Å². The minimum Gasteiger partial charge on any atom is -0.493 e. The fourth-order valence-electron chi connectivity index (χ4n) is 4.88. The SMILES string of the molecule is CCCc1nc(C)c2c(=O)[nH]c(-c3cc(S(=O)(=O)N4CCC5(CC4)OCCO5)ccc3OCC)nn12. The van der Waals surface area contributed by atoms with Crippen LogP contribution < -0.4 is 10.3 Å². The minimum atomic E-state index is -3.81. The number of nitrogens with one attached hydrogen (secondary N) is 1. The third-order valence-electron chi connectivity index (χ3n) is 6.66. The van der Waals surface area contributed by atoms with Gasteiger partial charge < -0.3 is 19.2 Å². The average Bonchev–Trinajstić information content (AvgIpc) is 3.44. The molecule has 11 nitrogen and oxygen atoms in total. The number of rotatable bonds is 7. The number of sulfonamides is 1. The van der Waals surface area contributed by atoms with Crippen LogP contribution in [-0.2, 0) is 25.9 Å². The van der Waals surface area contributed by atoms with Gasteiger partial charge in [-0.25, -0.2) is 17.9 Å². The van der Waals surface area contributed by atoms with E-state index in [0.717, 1.165) is 6.42 Å². The van der Waals surface area contributed by atoms with Crippen molar-refractivity contribution in [3.8, 4) is 17.1 Å². The van der Waals surface area contributed by atoms with E-state index in [4.69, 9.17) is 14.2 Å². The molecular weight excluding hydrogens is 486 g/mol. The Morgan fingerprint density at radius 1 is 1.17 bits per heavy atom. The first-order chi connectivity index (χ1) is 17.3. The van der Waals surface area contributed by atoms with E-state index in [1.165, 1.54) is 16.4 Å². The van der Waals surface area contributed by atoms with Gasteiger partial charge in [0.2, 0.25) is 10.0 Å². The van der Waals surface area contributed by atoms with E-state index in [1.807, 2.05) is 13.8 Å². The zero-order valence-corrected chi connectivity index (χ0v) is 21.6. The molecule has 0 radical (unpaired) electrons. The lowest BCUT2D eigenvalue weighted by atomic mass is 10.1. The van der Waals surface area contributed by atoms with Crippen LogP contribution in [0, 0.1) is 6.92 Å². The molecule has 36 heavy (non-hydrogen) atoms. The fraction of sp³-hybridized carbons (Fsp3) is 0.542. The van der Waals surface area contributed by atoms with Crippen LogP contribution in [0.2, 0.25) is 0 Å². The van der Waals surface area contributed by atoms with Gasteiger partial charge in [-0.2, -0.15) is 4.31 Å². The van der Waals surface area contributed by atoms with Crippen molar-refractivity contribution in [3.05, 3.63) is 40.1 Å². The molecule has 0 atom stereocenters. The molecular formula is C24H31N5O6S. The molecule has 1 N–H and O–H groups in total. The van der Waals surface area contributed by atoms with Gasteiger partial charge in [0.05, 0.1) is 36.0 Å². The summed E-state index contributed by atoms with van der Waals surface area (Å²) in [4.78, 5) is 20.4. The molecule has 1 spiro atoms. The number of imidazole rings is 1. The average molecular weight is 518 g/mol. The first-order valence-corrected chi connectivity index (χ1v) is 13.8. The molecule has 2 saturated heterocycles. The summed E-state index contributed by atoms with van der Waals surface area (Å²) < 4.78 is 47.4. The Labute approximate surface area is 209 Å². The van der Waals surface area contributed by atoms with E-state index < -0.39 is 15.8 Å². The normalized spacial score (nSPS) is 18.3. The molecule has 12 heteroatoms. The van der Waals surface area contributed by atoms with Crippen LogP contribution in [0.4, 0.5) is 0 Å². The molecule has 0 unspecified atom stereocenters. The number of benzene rings is 1. The molecule has 4 heterocycles. The quantitative estimate of drug-likeness (QED) is 0.506. The van der Waals surface area contributed by atoms with Gasteiger partial charge in [-0.1, -0.05) is 6.92 Å². The second kappa shape index (κ2) is 9.58. The van der Waals surface area contributed by atoms with Gasteiger partial charge in [-0.3, -0.25) is 4.79 Å². The molecule has 3 aromatic rings. The largest absolute Gasteiger partial charge is 0.493 e. The Balaban J connectivity index is 1.55. The summed E-state index contributed by atoms with van der Waals surface area (Å²) in [5.41, 5.74) is 1.02. The van der Waals surface area contributed by atoms with Crippen LogP contribution >= 0.6 is 0 Å². The van der Waals surface area contributed by atoms with Gasteiger partial charge in [0.1, 0.15) is 11.6 Å². The van der Waals surface area contributed by atoms with Gasteiger partial charge in [-0.05, 0) is 38.5 Å². The summed E-state index contributed by atoms with van der Waals surface area (Å²) in [7, 11) is -3.81. The highest BCUT2D eigenvalue weighted by atomic mass is 32.2. The summed E-state index contributed by atoms with van der Waals surface area (Å²) in [6.07, 6.45) is 2.44. The molecule has 1 aromatic carbocycles. The van der Waals surface area contributed by atoms with E-state index >= 15 is 0 Å². The van der Waals surface area contributed by atoms with Crippen LogP contribution in [0.25, 0.3) is 16.9 Å².